The SMILES string of the molecule is COCCN1C(=O)C(O)=C(C(=O)c2cc3cc(Cl)cc(OC)c3o2)C1c1ccc(OC(C)C)cc1. The van der Waals surface area contributed by atoms with Crippen molar-refractivity contribution in [3.63, 3.8) is 0 Å². The van der Waals surface area contributed by atoms with Crippen LogP contribution in [0.4, 0.5) is 0 Å². The van der Waals surface area contributed by atoms with Gasteiger partial charge < -0.3 is 28.6 Å². The largest absolute Gasteiger partial charge is 0.503 e. The first-order valence-electron chi connectivity index (χ1n) is 11.1. The molecule has 2 aromatic carbocycles. The van der Waals surface area contributed by atoms with Crippen molar-refractivity contribution in [2.24, 2.45) is 0 Å². The summed E-state index contributed by atoms with van der Waals surface area (Å²) in [6.45, 7) is 4.24. The normalized spacial score (nSPS) is 16.0. The Morgan fingerprint density at radius 2 is 1.89 bits per heavy atom. The summed E-state index contributed by atoms with van der Waals surface area (Å²) in [6.07, 6.45) is -0.00762. The van der Waals surface area contributed by atoms with E-state index in [9.17, 15) is 14.7 Å². The fourth-order valence-electron chi connectivity index (χ4n) is 4.14. The van der Waals surface area contributed by atoms with Crippen LogP contribution in [0, 0.1) is 0 Å². The molecule has 9 heteroatoms. The third kappa shape index (κ3) is 4.72. The molecule has 184 valence electrons. The Morgan fingerprint density at radius 3 is 2.51 bits per heavy atom. The molecule has 0 radical (unpaired) electrons. The van der Waals surface area contributed by atoms with Crippen LogP contribution < -0.4 is 9.47 Å². The Labute approximate surface area is 207 Å². The molecule has 1 N–H and O–H groups in total. The minimum absolute atomic E-state index is 0.00762. The molecule has 1 amide bonds. The van der Waals surface area contributed by atoms with E-state index in [2.05, 4.69) is 0 Å². The summed E-state index contributed by atoms with van der Waals surface area (Å²) in [5.41, 5.74) is 0.898. The van der Waals surface area contributed by atoms with E-state index in [1.165, 1.54) is 25.2 Å². The zero-order chi connectivity index (χ0) is 25.3. The maximum Gasteiger partial charge on any atom is 0.290 e. The van der Waals surface area contributed by atoms with Crippen LogP contribution in [0.2, 0.25) is 5.02 Å². The number of aliphatic hydroxyl groups excluding tert-OH is 1. The molecule has 0 spiro atoms. The van der Waals surface area contributed by atoms with Crippen molar-refractivity contribution in [1.29, 1.82) is 0 Å². The number of hydrogen-bond donors (Lipinski definition) is 1. The first kappa shape index (κ1) is 24.6. The van der Waals surface area contributed by atoms with Gasteiger partial charge in [0.2, 0.25) is 5.78 Å². The van der Waals surface area contributed by atoms with E-state index in [4.69, 9.17) is 30.2 Å². The predicted molar refractivity (Wildman–Crippen MR) is 130 cm³/mol. The van der Waals surface area contributed by atoms with Gasteiger partial charge in [0.1, 0.15) is 5.75 Å². The second-order valence-corrected chi connectivity index (χ2v) is 8.79. The number of amides is 1. The van der Waals surface area contributed by atoms with Crippen molar-refractivity contribution in [2.45, 2.75) is 26.0 Å². The second kappa shape index (κ2) is 10.0. The number of carbonyl (C=O) groups excluding carboxylic acids is 2. The quantitative estimate of drug-likeness (QED) is 0.408. The number of carbonyl (C=O) groups is 2. The van der Waals surface area contributed by atoms with Gasteiger partial charge in [0.15, 0.2) is 22.9 Å². The zero-order valence-corrected chi connectivity index (χ0v) is 20.6. The van der Waals surface area contributed by atoms with Gasteiger partial charge in [-0.25, -0.2) is 0 Å². The summed E-state index contributed by atoms with van der Waals surface area (Å²) in [5, 5.41) is 11.8. The number of rotatable bonds is 9. The van der Waals surface area contributed by atoms with E-state index in [1.807, 2.05) is 13.8 Å². The Kier molecular flexibility index (Phi) is 7.05. The van der Waals surface area contributed by atoms with E-state index in [-0.39, 0.29) is 30.6 Å². The monoisotopic (exact) mass is 499 g/mol. The van der Waals surface area contributed by atoms with Crippen molar-refractivity contribution in [3.05, 3.63) is 70.1 Å². The number of halogens is 1. The number of furan rings is 1. The van der Waals surface area contributed by atoms with Crippen molar-refractivity contribution >= 4 is 34.3 Å². The van der Waals surface area contributed by atoms with Crippen molar-refractivity contribution < 1.29 is 33.3 Å². The van der Waals surface area contributed by atoms with Crippen LogP contribution in [0.1, 0.15) is 36.0 Å². The van der Waals surface area contributed by atoms with Gasteiger partial charge in [0.25, 0.3) is 5.91 Å². The lowest BCUT2D eigenvalue weighted by Crippen LogP contribution is -2.34. The first-order chi connectivity index (χ1) is 16.7. The third-order valence-corrected chi connectivity index (χ3v) is 5.86. The molecule has 1 unspecified atom stereocenters. The zero-order valence-electron chi connectivity index (χ0n) is 19.8. The maximum absolute atomic E-state index is 13.7. The minimum Gasteiger partial charge on any atom is -0.503 e. The van der Waals surface area contributed by atoms with Crippen molar-refractivity contribution in [2.75, 3.05) is 27.4 Å². The summed E-state index contributed by atoms with van der Waals surface area (Å²) in [6, 6.07) is 11.0. The molecular formula is C26H26ClNO7. The topological polar surface area (TPSA) is 98.4 Å². The summed E-state index contributed by atoms with van der Waals surface area (Å²) >= 11 is 6.15. The summed E-state index contributed by atoms with van der Waals surface area (Å²) < 4.78 is 22.0. The van der Waals surface area contributed by atoms with Crippen molar-refractivity contribution in [1.82, 2.24) is 4.90 Å². The molecule has 2 heterocycles. The molecule has 0 saturated carbocycles. The van der Waals surface area contributed by atoms with Crippen LogP contribution in [0.25, 0.3) is 11.0 Å². The minimum atomic E-state index is -0.836. The predicted octanol–water partition coefficient (Wildman–Crippen LogP) is 5.11. The molecular weight excluding hydrogens is 474 g/mol. The fraction of sp³-hybridized carbons (Fsp3) is 0.308. The molecule has 0 fully saturated rings. The lowest BCUT2D eigenvalue weighted by molar-refractivity contribution is -0.130. The number of hydrogen-bond acceptors (Lipinski definition) is 7. The van der Waals surface area contributed by atoms with E-state index >= 15 is 0 Å². The average molecular weight is 500 g/mol. The van der Waals surface area contributed by atoms with Crippen LogP contribution in [0.3, 0.4) is 0 Å². The summed E-state index contributed by atoms with van der Waals surface area (Å²) in [7, 11) is 2.98. The lowest BCUT2D eigenvalue weighted by Gasteiger charge is -2.26. The number of ketones is 1. The standard InChI is InChI=1S/C26H26ClNO7/c1-14(2)34-18-7-5-15(6-8-18)22-21(24(30)26(31)28(22)9-10-32-3)23(29)19-12-16-11-17(27)13-20(33-4)25(16)35-19/h5-8,11-14,22,30H,9-10H2,1-4H3. The highest BCUT2D eigenvalue weighted by Gasteiger charge is 2.44. The number of nitrogens with zero attached hydrogens (tertiary/aromatic N) is 1. The highest BCUT2D eigenvalue weighted by atomic mass is 35.5. The van der Waals surface area contributed by atoms with Gasteiger partial charge in [0, 0.05) is 30.1 Å². The van der Waals surface area contributed by atoms with Gasteiger partial charge in [-0.1, -0.05) is 23.7 Å². The van der Waals surface area contributed by atoms with Crippen LogP contribution >= 0.6 is 11.6 Å². The molecule has 0 aliphatic carbocycles. The molecule has 1 atom stereocenters. The Bertz CT molecular complexity index is 1290. The highest BCUT2D eigenvalue weighted by molar-refractivity contribution is 6.31. The van der Waals surface area contributed by atoms with Gasteiger partial charge >= 0.3 is 0 Å². The molecule has 1 aliphatic heterocycles. The number of methoxy groups -OCH3 is 2. The lowest BCUT2D eigenvalue weighted by atomic mass is 9.95. The van der Waals surface area contributed by atoms with Crippen LogP contribution in [-0.2, 0) is 9.53 Å². The molecule has 8 nitrogen and oxygen atoms in total. The number of aliphatic hydroxyl groups is 1. The van der Waals surface area contributed by atoms with Gasteiger partial charge in [-0.3, -0.25) is 9.59 Å². The highest BCUT2D eigenvalue weighted by Crippen LogP contribution is 2.41. The number of ether oxygens (including phenoxy) is 3. The Morgan fingerprint density at radius 1 is 1.17 bits per heavy atom. The first-order valence-corrected chi connectivity index (χ1v) is 11.4. The van der Waals surface area contributed by atoms with Crippen LogP contribution in [0.5, 0.6) is 11.5 Å². The van der Waals surface area contributed by atoms with Crippen LogP contribution in [0.15, 0.2) is 58.2 Å². The number of benzene rings is 2. The van der Waals surface area contributed by atoms with E-state index in [0.29, 0.717) is 33.1 Å². The number of Topliss-reactive ketones (excluding diaryl/α,β-unsaturated/α-hetero) is 1. The molecule has 1 aliphatic rings. The molecule has 1 aromatic heterocycles. The summed E-state index contributed by atoms with van der Waals surface area (Å²) in [4.78, 5) is 28.0. The van der Waals surface area contributed by atoms with E-state index in [1.54, 1.807) is 36.4 Å². The van der Waals surface area contributed by atoms with Gasteiger partial charge in [0.05, 0.1) is 31.4 Å². The van der Waals surface area contributed by atoms with Crippen LogP contribution in [-0.4, -0.2) is 55.2 Å². The molecule has 0 saturated heterocycles. The fourth-order valence-corrected chi connectivity index (χ4v) is 4.35. The molecule has 0 bridgehead atoms. The maximum atomic E-state index is 13.7. The van der Waals surface area contributed by atoms with Crippen molar-refractivity contribution in [3.8, 4) is 11.5 Å². The second-order valence-electron chi connectivity index (χ2n) is 8.36. The molecule has 4 rings (SSSR count). The summed E-state index contributed by atoms with van der Waals surface area (Å²) in [5.74, 6) is -0.922. The third-order valence-electron chi connectivity index (χ3n) is 5.64. The molecule has 35 heavy (non-hydrogen) atoms. The number of fused-ring (bicyclic) bond motifs is 1. The Balaban J connectivity index is 1.78. The van der Waals surface area contributed by atoms with E-state index < -0.39 is 23.5 Å². The van der Waals surface area contributed by atoms with E-state index in [0.717, 1.165) is 0 Å². The van der Waals surface area contributed by atoms with Gasteiger partial charge in [-0.2, -0.15) is 0 Å². The average Bonchev–Trinajstić information content (AvgIpc) is 3.36. The van der Waals surface area contributed by atoms with Gasteiger partial charge in [-0.15, -0.1) is 0 Å². The molecule has 3 aromatic rings. The Hall–Kier alpha value is -3.49. The smallest absolute Gasteiger partial charge is 0.290 e. The van der Waals surface area contributed by atoms with Gasteiger partial charge in [-0.05, 0) is 43.7 Å².